The van der Waals surface area contributed by atoms with E-state index in [-0.39, 0.29) is 18.1 Å². The second-order valence-corrected chi connectivity index (χ2v) is 5.27. The van der Waals surface area contributed by atoms with Gasteiger partial charge < -0.3 is 16.4 Å². The SMILES string of the molecule is CCC(NC(=O)Nc1cccc(C(C)N)c1)C(C)C. The molecule has 4 heteroatoms. The van der Waals surface area contributed by atoms with Crippen LogP contribution >= 0.6 is 0 Å². The molecule has 4 N–H and O–H groups in total. The fourth-order valence-corrected chi connectivity index (χ4v) is 1.98. The first-order valence-electron chi connectivity index (χ1n) is 6.87. The van der Waals surface area contributed by atoms with Gasteiger partial charge in [0.25, 0.3) is 0 Å². The summed E-state index contributed by atoms with van der Waals surface area (Å²) in [6.45, 7) is 8.20. The Morgan fingerprint density at radius 2 is 2.00 bits per heavy atom. The van der Waals surface area contributed by atoms with E-state index in [1.165, 1.54) is 0 Å². The minimum absolute atomic E-state index is 0.0381. The molecule has 0 aliphatic carbocycles. The number of hydrogen-bond acceptors (Lipinski definition) is 2. The van der Waals surface area contributed by atoms with Gasteiger partial charge >= 0.3 is 6.03 Å². The molecule has 0 saturated heterocycles. The lowest BCUT2D eigenvalue weighted by Gasteiger charge is -2.21. The van der Waals surface area contributed by atoms with Crippen LogP contribution in [-0.4, -0.2) is 12.1 Å². The Labute approximate surface area is 115 Å². The molecule has 2 unspecified atom stereocenters. The van der Waals surface area contributed by atoms with Crippen molar-refractivity contribution in [2.75, 3.05) is 5.32 Å². The highest BCUT2D eigenvalue weighted by molar-refractivity contribution is 5.89. The number of anilines is 1. The number of amides is 2. The van der Waals surface area contributed by atoms with Crippen LogP contribution in [0.2, 0.25) is 0 Å². The maximum atomic E-state index is 11.9. The lowest BCUT2D eigenvalue weighted by molar-refractivity contribution is 0.244. The fourth-order valence-electron chi connectivity index (χ4n) is 1.98. The summed E-state index contributed by atoms with van der Waals surface area (Å²) in [6, 6.07) is 7.61. The minimum atomic E-state index is -0.164. The zero-order chi connectivity index (χ0) is 14.4. The van der Waals surface area contributed by atoms with E-state index in [0.29, 0.717) is 5.92 Å². The van der Waals surface area contributed by atoms with Crippen LogP contribution in [0.5, 0.6) is 0 Å². The van der Waals surface area contributed by atoms with Crippen LogP contribution in [0.15, 0.2) is 24.3 Å². The largest absolute Gasteiger partial charge is 0.335 e. The first-order valence-corrected chi connectivity index (χ1v) is 6.87. The molecular weight excluding hydrogens is 238 g/mol. The molecule has 2 amide bonds. The topological polar surface area (TPSA) is 67.2 Å². The summed E-state index contributed by atoms with van der Waals surface area (Å²) in [5.74, 6) is 0.422. The van der Waals surface area contributed by atoms with Gasteiger partial charge in [0.1, 0.15) is 0 Å². The quantitative estimate of drug-likeness (QED) is 0.763. The molecule has 1 aromatic rings. The molecule has 1 rings (SSSR count). The van der Waals surface area contributed by atoms with Crippen molar-refractivity contribution >= 4 is 11.7 Å². The summed E-state index contributed by atoms with van der Waals surface area (Å²) < 4.78 is 0. The molecule has 0 heterocycles. The van der Waals surface area contributed by atoms with Crippen LogP contribution in [-0.2, 0) is 0 Å². The summed E-state index contributed by atoms with van der Waals surface area (Å²) in [5, 5.41) is 5.83. The number of nitrogens with two attached hydrogens (primary N) is 1. The van der Waals surface area contributed by atoms with Crippen molar-refractivity contribution in [3.05, 3.63) is 29.8 Å². The van der Waals surface area contributed by atoms with Crippen molar-refractivity contribution in [1.82, 2.24) is 5.32 Å². The second kappa shape index (κ2) is 7.14. The van der Waals surface area contributed by atoms with E-state index >= 15 is 0 Å². The molecule has 0 aromatic heterocycles. The van der Waals surface area contributed by atoms with Crippen LogP contribution in [0.3, 0.4) is 0 Å². The molecular formula is C15H25N3O. The number of carbonyl (C=O) groups excluding carboxylic acids is 1. The van der Waals surface area contributed by atoms with Crippen molar-refractivity contribution in [3.63, 3.8) is 0 Å². The number of rotatable bonds is 5. The normalized spacial score (nSPS) is 14.0. The summed E-state index contributed by atoms with van der Waals surface area (Å²) in [4.78, 5) is 11.9. The molecule has 0 spiro atoms. The van der Waals surface area contributed by atoms with Gasteiger partial charge in [-0.1, -0.05) is 32.9 Å². The Morgan fingerprint density at radius 3 is 2.53 bits per heavy atom. The average Bonchev–Trinajstić information content (AvgIpc) is 2.35. The summed E-state index contributed by atoms with van der Waals surface area (Å²) >= 11 is 0. The molecule has 4 nitrogen and oxygen atoms in total. The third-order valence-electron chi connectivity index (χ3n) is 3.23. The van der Waals surface area contributed by atoms with Gasteiger partial charge in [0.2, 0.25) is 0 Å². The Bertz CT molecular complexity index is 416. The van der Waals surface area contributed by atoms with Crippen LogP contribution in [0, 0.1) is 5.92 Å². The standard InChI is InChI=1S/C15H25N3O/c1-5-14(10(2)3)18-15(19)17-13-8-6-7-12(9-13)11(4)16/h6-11,14H,5,16H2,1-4H3,(H2,17,18,19). The number of benzene rings is 1. The van der Waals surface area contributed by atoms with Crippen molar-refractivity contribution in [2.24, 2.45) is 11.7 Å². The van der Waals surface area contributed by atoms with E-state index in [0.717, 1.165) is 17.7 Å². The molecule has 0 fully saturated rings. The highest BCUT2D eigenvalue weighted by Gasteiger charge is 2.14. The van der Waals surface area contributed by atoms with Crippen LogP contribution in [0.4, 0.5) is 10.5 Å². The second-order valence-electron chi connectivity index (χ2n) is 5.27. The maximum Gasteiger partial charge on any atom is 0.319 e. The van der Waals surface area contributed by atoms with Crippen LogP contribution in [0.1, 0.15) is 45.7 Å². The number of hydrogen-bond donors (Lipinski definition) is 3. The summed E-state index contributed by atoms with van der Waals surface area (Å²) in [7, 11) is 0. The smallest absolute Gasteiger partial charge is 0.319 e. The Hall–Kier alpha value is -1.55. The van der Waals surface area contributed by atoms with E-state index in [9.17, 15) is 4.79 Å². The molecule has 0 bridgehead atoms. The molecule has 106 valence electrons. The van der Waals surface area contributed by atoms with Crippen LogP contribution in [0.25, 0.3) is 0 Å². The van der Waals surface area contributed by atoms with Gasteiger partial charge in [0.05, 0.1) is 0 Å². The first kappa shape index (κ1) is 15.5. The number of urea groups is 1. The van der Waals surface area contributed by atoms with Gasteiger partial charge in [-0.15, -0.1) is 0 Å². The first-order chi connectivity index (χ1) is 8.93. The van der Waals surface area contributed by atoms with Gasteiger partial charge in [-0.3, -0.25) is 0 Å². The molecule has 0 aliphatic heterocycles. The van der Waals surface area contributed by atoms with E-state index in [1.54, 1.807) is 0 Å². The van der Waals surface area contributed by atoms with E-state index < -0.39 is 0 Å². The van der Waals surface area contributed by atoms with Crippen molar-refractivity contribution in [3.8, 4) is 0 Å². The molecule has 1 aromatic carbocycles. The molecule has 19 heavy (non-hydrogen) atoms. The van der Waals surface area contributed by atoms with Crippen molar-refractivity contribution < 1.29 is 4.79 Å². The Balaban J connectivity index is 2.64. The third-order valence-corrected chi connectivity index (χ3v) is 3.23. The maximum absolute atomic E-state index is 11.9. The van der Waals surface area contributed by atoms with Crippen molar-refractivity contribution in [1.29, 1.82) is 0 Å². The minimum Gasteiger partial charge on any atom is -0.335 e. The van der Waals surface area contributed by atoms with Gasteiger partial charge in [0, 0.05) is 17.8 Å². The van der Waals surface area contributed by atoms with Crippen molar-refractivity contribution in [2.45, 2.75) is 46.2 Å². The fraction of sp³-hybridized carbons (Fsp3) is 0.533. The highest BCUT2D eigenvalue weighted by Crippen LogP contribution is 2.15. The number of carbonyl (C=O) groups is 1. The summed E-state index contributed by atoms with van der Waals surface area (Å²) in [5.41, 5.74) is 7.60. The third kappa shape index (κ3) is 4.91. The predicted molar refractivity (Wildman–Crippen MR) is 80.1 cm³/mol. The van der Waals surface area contributed by atoms with Gasteiger partial charge in [-0.05, 0) is 37.0 Å². The van der Waals surface area contributed by atoms with E-state index in [4.69, 9.17) is 5.73 Å². The summed E-state index contributed by atoms with van der Waals surface area (Å²) in [6.07, 6.45) is 0.922. The average molecular weight is 263 g/mol. The zero-order valence-electron chi connectivity index (χ0n) is 12.2. The zero-order valence-corrected chi connectivity index (χ0v) is 12.2. The monoisotopic (exact) mass is 263 g/mol. The number of nitrogens with one attached hydrogen (secondary N) is 2. The van der Waals surface area contributed by atoms with Gasteiger partial charge in [0.15, 0.2) is 0 Å². The van der Waals surface area contributed by atoms with E-state index in [1.807, 2.05) is 31.2 Å². The van der Waals surface area contributed by atoms with E-state index in [2.05, 4.69) is 31.4 Å². The predicted octanol–water partition coefficient (Wildman–Crippen LogP) is 3.26. The Kier molecular flexibility index (Phi) is 5.83. The molecule has 0 aliphatic rings. The highest BCUT2D eigenvalue weighted by atomic mass is 16.2. The Morgan fingerprint density at radius 1 is 1.32 bits per heavy atom. The molecule has 2 atom stereocenters. The lowest BCUT2D eigenvalue weighted by Crippen LogP contribution is -2.40. The van der Waals surface area contributed by atoms with Crippen LogP contribution < -0.4 is 16.4 Å². The van der Waals surface area contributed by atoms with Gasteiger partial charge in [-0.25, -0.2) is 4.79 Å². The lowest BCUT2D eigenvalue weighted by atomic mass is 10.0. The van der Waals surface area contributed by atoms with Gasteiger partial charge in [-0.2, -0.15) is 0 Å². The molecule has 0 radical (unpaired) electrons. The molecule has 0 saturated carbocycles.